The molecule has 112 valence electrons. The zero-order valence-corrected chi connectivity index (χ0v) is 13.0. The Hall–Kier alpha value is -2.80. The van der Waals surface area contributed by atoms with Crippen LogP contribution in [0.5, 0.6) is 0 Å². The molecule has 0 saturated heterocycles. The van der Waals surface area contributed by atoms with E-state index in [2.05, 4.69) is 10.6 Å². The standard InChI is InChI=1S/C18H19N3O/c1-18(2,3)21-17(22)15(11-19)12-20-16-9-8-13-6-4-5-7-14(13)10-16/h4-10,12,20H,1-3H3,(H,21,22)/b15-12-. The number of anilines is 1. The van der Waals surface area contributed by atoms with E-state index in [1.54, 1.807) is 0 Å². The van der Waals surface area contributed by atoms with Gasteiger partial charge in [-0.25, -0.2) is 0 Å². The molecule has 0 spiro atoms. The minimum Gasteiger partial charge on any atom is -0.360 e. The highest BCUT2D eigenvalue weighted by Gasteiger charge is 2.17. The molecule has 0 aliphatic rings. The van der Waals surface area contributed by atoms with Gasteiger partial charge in [0.1, 0.15) is 11.6 Å². The molecule has 0 heterocycles. The zero-order valence-electron chi connectivity index (χ0n) is 13.0. The predicted molar refractivity (Wildman–Crippen MR) is 89.2 cm³/mol. The van der Waals surface area contributed by atoms with E-state index in [1.165, 1.54) is 6.20 Å². The van der Waals surface area contributed by atoms with E-state index in [-0.39, 0.29) is 17.0 Å². The molecule has 4 nitrogen and oxygen atoms in total. The Kier molecular flexibility index (Phi) is 4.47. The molecular formula is C18H19N3O. The van der Waals surface area contributed by atoms with Gasteiger partial charge in [0, 0.05) is 17.4 Å². The van der Waals surface area contributed by atoms with Gasteiger partial charge in [-0.3, -0.25) is 4.79 Å². The molecule has 0 atom stereocenters. The number of benzene rings is 2. The third-order valence-corrected chi connectivity index (χ3v) is 2.99. The summed E-state index contributed by atoms with van der Waals surface area (Å²) in [4.78, 5) is 12.0. The summed E-state index contributed by atoms with van der Waals surface area (Å²) < 4.78 is 0. The second kappa shape index (κ2) is 6.31. The number of rotatable bonds is 3. The summed E-state index contributed by atoms with van der Waals surface area (Å²) in [5.74, 6) is -0.386. The number of amides is 1. The first-order valence-electron chi connectivity index (χ1n) is 7.07. The second-order valence-corrected chi connectivity index (χ2v) is 6.08. The van der Waals surface area contributed by atoms with Gasteiger partial charge in [0.25, 0.3) is 5.91 Å². The van der Waals surface area contributed by atoms with Crippen molar-refractivity contribution in [3.05, 3.63) is 54.2 Å². The van der Waals surface area contributed by atoms with Crippen molar-refractivity contribution in [1.82, 2.24) is 5.32 Å². The van der Waals surface area contributed by atoms with Gasteiger partial charge in [0.15, 0.2) is 0 Å². The monoisotopic (exact) mass is 293 g/mol. The fourth-order valence-corrected chi connectivity index (χ4v) is 1.99. The van der Waals surface area contributed by atoms with Crippen LogP contribution in [0.3, 0.4) is 0 Å². The summed E-state index contributed by atoms with van der Waals surface area (Å²) in [6.07, 6.45) is 1.44. The average molecular weight is 293 g/mol. The van der Waals surface area contributed by atoms with Crippen LogP contribution in [0.1, 0.15) is 20.8 Å². The van der Waals surface area contributed by atoms with Gasteiger partial charge >= 0.3 is 0 Å². The van der Waals surface area contributed by atoms with Crippen molar-refractivity contribution in [1.29, 1.82) is 5.26 Å². The van der Waals surface area contributed by atoms with Gasteiger partial charge in [0.2, 0.25) is 0 Å². The Morgan fingerprint density at radius 1 is 1.14 bits per heavy atom. The van der Waals surface area contributed by atoms with Crippen molar-refractivity contribution >= 4 is 22.4 Å². The first-order chi connectivity index (χ1) is 10.4. The Morgan fingerprint density at radius 3 is 2.45 bits per heavy atom. The Morgan fingerprint density at radius 2 is 1.82 bits per heavy atom. The van der Waals surface area contributed by atoms with Crippen molar-refractivity contribution in [3.8, 4) is 6.07 Å². The lowest BCUT2D eigenvalue weighted by atomic mass is 10.1. The summed E-state index contributed by atoms with van der Waals surface area (Å²) >= 11 is 0. The van der Waals surface area contributed by atoms with Crippen LogP contribution in [0, 0.1) is 11.3 Å². The van der Waals surface area contributed by atoms with Gasteiger partial charge in [-0.1, -0.05) is 30.3 Å². The minimum absolute atomic E-state index is 0.0445. The number of nitrogens with zero attached hydrogens (tertiary/aromatic N) is 1. The number of fused-ring (bicyclic) bond motifs is 1. The summed E-state index contributed by atoms with van der Waals surface area (Å²) in [7, 11) is 0. The lowest BCUT2D eigenvalue weighted by Crippen LogP contribution is -2.41. The fourth-order valence-electron chi connectivity index (χ4n) is 1.99. The number of carbonyl (C=O) groups excluding carboxylic acids is 1. The van der Waals surface area contributed by atoms with Crippen LogP contribution < -0.4 is 10.6 Å². The molecule has 0 saturated carbocycles. The third kappa shape index (κ3) is 4.10. The van der Waals surface area contributed by atoms with Crippen molar-refractivity contribution in [3.63, 3.8) is 0 Å². The largest absolute Gasteiger partial charge is 0.360 e. The molecule has 0 aliphatic carbocycles. The number of hydrogen-bond acceptors (Lipinski definition) is 3. The normalized spacial score (nSPS) is 11.8. The number of carbonyl (C=O) groups is 1. The second-order valence-electron chi connectivity index (χ2n) is 6.08. The predicted octanol–water partition coefficient (Wildman–Crippen LogP) is 3.57. The van der Waals surface area contributed by atoms with Gasteiger partial charge in [-0.2, -0.15) is 5.26 Å². The van der Waals surface area contributed by atoms with Crippen LogP contribution in [-0.4, -0.2) is 11.4 Å². The fraction of sp³-hybridized carbons (Fsp3) is 0.222. The first-order valence-corrected chi connectivity index (χ1v) is 7.07. The summed E-state index contributed by atoms with van der Waals surface area (Å²) in [5, 5.41) is 17.1. The molecule has 2 aromatic carbocycles. The van der Waals surface area contributed by atoms with Crippen molar-refractivity contribution in [2.75, 3.05) is 5.32 Å². The number of hydrogen-bond donors (Lipinski definition) is 2. The van der Waals surface area contributed by atoms with E-state index in [9.17, 15) is 4.79 Å². The third-order valence-electron chi connectivity index (χ3n) is 2.99. The van der Waals surface area contributed by atoms with E-state index < -0.39 is 0 Å². The van der Waals surface area contributed by atoms with E-state index in [1.807, 2.05) is 69.3 Å². The van der Waals surface area contributed by atoms with Crippen LogP contribution in [0.4, 0.5) is 5.69 Å². The summed E-state index contributed by atoms with van der Waals surface area (Å²) in [6, 6.07) is 15.8. The maximum atomic E-state index is 12.0. The lowest BCUT2D eigenvalue weighted by molar-refractivity contribution is -0.118. The molecule has 22 heavy (non-hydrogen) atoms. The molecule has 0 radical (unpaired) electrons. The van der Waals surface area contributed by atoms with Gasteiger partial charge in [-0.05, 0) is 43.7 Å². The molecule has 2 aromatic rings. The number of nitrogens with one attached hydrogen (secondary N) is 2. The molecule has 2 N–H and O–H groups in total. The molecule has 0 bridgehead atoms. The lowest BCUT2D eigenvalue weighted by Gasteiger charge is -2.20. The van der Waals surface area contributed by atoms with E-state index >= 15 is 0 Å². The van der Waals surface area contributed by atoms with Crippen molar-refractivity contribution < 1.29 is 4.79 Å². The van der Waals surface area contributed by atoms with Gasteiger partial charge < -0.3 is 10.6 Å². The van der Waals surface area contributed by atoms with Crippen molar-refractivity contribution in [2.45, 2.75) is 26.3 Å². The zero-order chi connectivity index (χ0) is 16.2. The van der Waals surface area contributed by atoms with Crippen molar-refractivity contribution in [2.24, 2.45) is 0 Å². The Labute approximate surface area is 130 Å². The molecule has 2 rings (SSSR count). The quantitative estimate of drug-likeness (QED) is 0.671. The molecular weight excluding hydrogens is 274 g/mol. The smallest absolute Gasteiger partial charge is 0.263 e. The summed E-state index contributed by atoms with van der Waals surface area (Å²) in [6.45, 7) is 5.62. The molecule has 0 aromatic heterocycles. The average Bonchev–Trinajstić information content (AvgIpc) is 2.46. The van der Waals surface area contributed by atoms with Crippen LogP contribution >= 0.6 is 0 Å². The highest BCUT2D eigenvalue weighted by atomic mass is 16.1. The molecule has 4 heteroatoms. The molecule has 1 amide bonds. The maximum absolute atomic E-state index is 12.0. The van der Waals surface area contributed by atoms with Crippen LogP contribution in [0.25, 0.3) is 10.8 Å². The minimum atomic E-state index is -0.386. The van der Waals surface area contributed by atoms with E-state index in [4.69, 9.17) is 5.26 Å². The maximum Gasteiger partial charge on any atom is 0.263 e. The van der Waals surface area contributed by atoms with Crippen LogP contribution in [0.2, 0.25) is 0 Å². The topological polar surface area (TPSA) is 64.9 Å². The Bertz CT molecular complexity index is 764. The van der Waals surface area contributed by atoms with Crippen LogP contribution in [-0.2, 0) is 4.79 Å². The highest BCUT2D eigenvalue weighted by molar-refractivity contribution is 5.98. The molecule has 0 fully saturated rings. The van der Waals surface area contributed by atoms with Gasteiger partial charge in [0.05, 0.1) is 0 Å². The van der Waals surface area contributed by atoms with Crippen LogP contribution in [0.15, 0.2) is 54.2 Å². The first kappa shape index (κ1) is 15.6. The number of nitriles is 1. The Balaban J connectivity index is 2.17. The highest BCUT2D eigenvalue weighted by Crippen LogP contribution is 2.19. The van der Waals surface area contributed by atoms with E-state index in [0.717, 1.165) is 16.5 Å². The van der Waals surface area contributed by atoms with E-state index in [0.29, 0.717) is 0 Å². The molecule has 0 aliphatic heterocycles. The molecule has 0 unspecified atom stereocenters. The SMILES string of the molecule is CC(C)(C)NC(=O)/C(C#N)=C\Nc1ccc2ccccc2c1. The van der Waals surface area contributed by atoms with Gasteiger partial charge in [-0.15, -0.1) is 0 Å². The summed E-state index contributed by atoms with van der Waals surface area (Å²) in [5.41, 5.74) is 0.494.